The maximum Gasteiger partial charge on any atom is 0.106 e. The molecule has 16 heavy (non-hydrogen) atoms. The van der Waals surface area contributed by atoms with Crippen molar-refractivity contribution in [1.29, 1.82) is 0 Å². The normalized spacial score (nSPS) is 40.4. The second-order valence-electron chi connectivity index (χ2n) is 5.70. The average Bonchev–Trinajstić information content (AvgIpc) is 2.44. The molecule has 0 aromatic carbocycles. The quantitative estimate of drug-likeness (QED) is 0.377. The van der Waals surface area contributed by atoms with Crippen molar-refractivity contribution in [2.75, 3.05) is 0 Å². The zero-order valence-corrected chi connectivity index (χ0v) is 10.4. The fourth-order valence-electron chi connectivity index (χ4n) is 3.30. The van der Waals surface area contributed by atoms with Crippen LogP contribution in [0.3, 0.4) is 0 Å². The first kappa shape index (κ1) is 11.3. The molecule has 0 aromatic rings. The third-order valence-electron chi connectivity index (χ3n) is 4.12. The number of rotatable bonds is 1. The molecule has 0 unspecified atom stereocenters. The zero-order valence-electron chi connectivity index (χ0n) is 10.4. The molecule has 88 valence electrons. The number of hydrogen-bond acceptors (Lipinski definition) is 2. The summed E-state index contributed by atoms with van der Waals surface area (Å²) in [7, 11) is 0. The molecule has 4 heteroatoms. The van der Waals surface area contributed by atoms with E-state index in [2.05, 4.69) is 36.9 Å². The van der Waals surface area contributed by atoms with E-state index in [1.165, 1.54) is 0 Å². The Morgan fingerprint density at radius 2 is 2.19 bits per heavy atom. The van der Waals surface area contributed by atoms with Gasteiger partial charge in [-0.15, -0.1) is 0 Å². The van der Waals surface area contributed by atoms with E-state index in [1.54, 1.807) is 0 Å². The van der Waals surface area contributed by atoms with Gasteiger partial charge in [-0.25, -0.2) is 0 Å². The topological polar surface area (TPSA) is 58.0 Å². The molecule has 1 heterocycles. The van der Waals surface area contributed by atoms with Crippen molar-refractivity contribution >= 4 is 0 Å². The van der Waals surface area contributed by atoms with Gasteiger partial charge in [0.15, 0.2) is 0 Å². The predicted molar refractivity (Wildman–Crippen MR) is 62.7 cm³/mol. The van der Waals surface area contributed by atoms with Crippen molar-refractivity contribution in [3.8, 4) is 0 Å². The maximum atomic E-state index is 8.68. The van der Waals surface area contributed by atoms with Gasteiger partial charge >= 0.3 is 0 Å². The van der Waals surface area contributed by atoms with Crippen molar-refractivity contribution < 1.29 is 4.74 Å². The fourth-order valence-corrected chi connectivity index (χ4v) is 3.30. The van der Waals surface area contributed by atoms with Crippen molar-refractivity contribution in [3.05, 3.63) is 22.3 Å². The molecule has 2 aliphatic rings. The van der Waals surface area contributed by atoms with Crippen LogP contribution in [0.25, 0.3) is 10.4 Å². The molecule has 1 aliphatic carbocycles. The van der Waals surface area contributed by atoms with E-state index >= 15 is 0 Å². The predicted octanol–water partition coefficient (Wildman–Crippen LogP) is 3.79. The SMILES string of the molecule is CC1=C[C@H]2[C@@H](CC[C@@]2(C)N=[N+]=[N-])C(C)(C)O1. The summed E-state index contributed by atoms with van der Waals surface area (Å²) in [4.78, 5) is 3.01. The molecule has 0 radical (unpaired) electrons. The van der Waals surface area contributed by atoms with Crippen LogP contribution in [0, 0.1) is 11.8 Å². The first-order chi connectivity index (χ1) is 7.39. The Kier molecular flexibility index (Phi) is 2.43. The number of azide groups is 1. The summed E-state index contributed by atoms with van der Waals surface area (Å²) in [5.41, 5.74) is 8.26. The van der Waals surface area contributed by atoms with Crippen LogP contribution in [0.2, 0.25) is 0 Å². The highest BCUT2D eigenvalue weighted by Gasteiger charge is 2.52. The van der Waals surface area contributed by atoms with Gasteiger partial charge in [0.25, 0.3) is 0 Å². The standard InChI is InChI=1S/C12H19N3O/c1-8-7-10-9(11(2,3)16-8)5-6-12(10,4)14-15-13/h7,9-10H,5-6H2,1-4H3/t9-,10+,12-/m1/s1. The Balaban J connectivity index is 2.41. The van der Waals surface area contributed by atoms with Gasteiger partial charge in [0.05, 0.1) is 11.3 Å². The molecule has 0 aromatic heterocycles. The lowest BCUT2D eigenvalue weighted by Gasteiger charge is -2.42. The molecule has 1 fully saturated rings. The Morgan fingerprint density at radius 1 is 1.50 bits per heavy atom. The van der Waals surface area contributed by atoms with E-state index in [0.717, 1.165) is 18.6 Å². The van der Waals surface area contributed by atoms with E-state index in [4.69, 9.17) is 10.3 Å². The van der Waals surface area contributed by atoms with Gasteiger partial charge < -0.3 is 4.74 Å². The number of hydrogen-bond donors (Lipinski definition) is 0. The van der Waals surface area contributed by atoms with Crippen LogP contribution in [0.4, 0.5) is 0 Å². The Hall–Kier alpha value is -1.15. The molecule has 0 spiro atoms. The second-order valence-corrected chi connectivity index (χ2v) is 5.70. The average molecular weight is 221 g/mol. The lowest BCUT2D eigenvalue weighted by atomic mass is 9.75. The van der Waals surface area contributed by atoms with Crippen LogP contribution in [0.1, 0.15) is 40.5 Å². The Labute approximate surface area is 96.3 Å². The zero-order chi connectivity index (χ0) is 12.0. The van der Waals surface area contributed by atoms with Crippen molar-refractivity contribution in [2.24, 2.45) is 17.0 Å². The Bertz CT molecular complexity index is 382. The van der Waals surface area contributed by atoms with Gasteiger partial charge in [0.2, 0.25) is 0 Å². The van der Waals surface area contributed by atoms with E-state index in [-0.39, 0.29) is 11.1 Å². The summed E-state index contributed by atoms with van der Waals surface area (Å²) in [6.45, 7) is 8.29. The molecule has 0 amide bonds. The second kappa shape index (κ2) is 3.42. The van der Waals surface area contributed by atoms with Crippen LogP contribution in [0.15, 0.2) is 16.9 Å². The van der Waals surface area contributed by atoms with Gasteiger partial charge in [-0.05, 0) is 51.1 Å². The van der Waals surface area contributed by atoms with Gasteiger partial charge in [-0.3, -0.25) is 0 Å². The van der Waals surface area contributed by atoms with Gasteiger partial charge in [-0.1, -0.05) is 12.0 Å². The smallest absolute Gasteiger partial charge is 0.106 e. The molecule has 0 bridgehead atoms. The Morgan fingerprint density at radius 3 is 2.81 bits per heavy atom. The fraction of sp³-hybridized carbons (Fsp3) is 0.833. The van der Waals surface area contributed by atoms with Crippen LogP contribution in [-0.4, -0.2) is 11.1 Å². The number of allylic oxidation sites excluding steroid dienone is 1. The molecule has 3 atom stereocenters. The molecular weight excluding hydrogens is 202 g/mol. The summed E-state index contributed by atoms with van der Waals surface area (Å²) in [5, 5.41) is 4.02. The van der Waals surface area contributed by atoms with Gasteiger partial charge in [0, 0.05) is 10.8 Å². The molecule has 1 aliphatic heterocycles. The summed E-state index contributed by atoms with van der Waals surface area (Å²) in [6, 6.07) is 0. The first-order valence-corrected chi connectivity index (χ1v) is 5.83. The highest BCUT2D eigenvalue weighted by atomic mass is 16.5. The molecule has 1 saturated carbocycles. The van der Waals surface area contributed by atoms with Gasteiger partial charge in [0.1, 0.15) is 5.60 Å². The highest BCUT2D eigenvalue weighted by molar-refractivity contribution is 5.17. The summed E-state index contributed by atoms with van der Waals surface area (Å²) < 4.78 is 5.89. The van der Waals surface area contributed by atoms with E-state index in [9.17, 15) is 0 Å². The molecular formula is C12H19N3O. The first-order valence-electron chi connectivity index (χ1n) is 5.83. The highest BCUT2D eigenvalue weighted by Crippen LogP contribution is 2.52. The van der Waals surface area contributed by atoms with E-state index < -0.39 is 0 Å². The summed E-state index contributed by atoms with van der Waals surface area (Å²) in [6.07, 6.45) is 4.15. The minimum absolute atomic E-state index is 0.147. The van der Waals surface area contributed by atoms with Crippen LogP contribution in [-0.2, 0) is 4.74 Å². The minimum Gasteiger partial charge on any atom is -0.493 e. The lowest BCUT2D eigenvalue weighted by molar-refractivity contribution is -0.0451. The van der Waals surface area contributed by atoms with Crippen LogP contribution < -0.4 is 0 Å². The van der Waals surface area contributed by atoms with Crippen molar-refractivity contribution in [3.63, 3.8) is 0 Å². The van der Waals surface area contributed by atoms with Crippen LogP contribution >= 0.6 is 0 Å². The number of fused-ring (bicyclic) bond motifs is 1. The lowest BCUT2D eigenvalue weighted by Crippen LogP contribution is -2.43. The maximum absolute atomic E-state index is 8.68. The van der Waals surface area contributed by atoms with E-state index in [1.807, 2.05) is 6.92 Å². The molecule has 0 N–H and O–H groups in total. The van der Waals surface area contributed by atoms with Crippen molar-refractivity contribution in [1.82, 2.24) is 0 Å². The molecule has 0 saturated heterocycles. The number of ether oxygens (including phenoxy) is 1. The van der Waals surface area contributed by atoms with Gasteiger partial charge in [-0.2, -0.15) is 0 Å². The third kappa shape index (κ3) is 1.57. The molecule has 2 rings (SSSR count). The van der Waals surface area contributed by atoms with Crippen LogP contribution in [0.5, 0.6) is 0 Å². The minimum atomic E-state index is -0.276. The van der Waals surface area contributed by atoms with E-state index in [0.29, 0.717) is 11.8 Å². The molecule has 4 nitrogen and oxygen atoms in total. The largest absolute Gasteiger partial charge is 0.493 e. The monoisotopic (exact) mass is 221 g/mol. The number of nitrogens with zero attached hydrogens (tertiary/aromatic N) is 3. The summed E-state index contributed by atoms with van der Waals surface area (Å²) in [5.74, 6) is 1.71. The summed E-state index contributed by atoms with van der Waals surface area (Å²) >= 11 is 0. The third-order valence-corrected chi connectivity index (χ3v) is 4.12. The van der Waals surface area contributed by atoms with Crippen molar-refractivity contribution in [2.45, 2.75) is 51.7 Å².